The lowest BCUT2D eigenvalue weighted by Crippen LogP contribution is -2.40. The number of ether oxygens (including phenoxy) is 1. The number of amides is 1. The summed E-state index contributed by atoms with van der Waals surface area (Å²) in [5.74, 6) is -0.0979. The molecule has 2 N–H and O–H groups in total. The van der Waals surface area contributed by atoms with Crippen LogP contribution in [0.5, 0.6) is 5.75 Å². The first kappa shape index (κ1) is 26.2. The highest BCUT2D eigenvalue weighted by Gasteiger charge is 2.39. The number of aliphatic carboxylic acids is 1. The number of hydrogen-bond donors (Lipinski definition) is 2. The van der Waals surface area contributed by atoms with Crippen LogP contribution >= 0.6 is 0 Å². The van der Waals surface area contributed by atoms with Gasteiger partial charge >= 0.3 is 5.97 Å². The molecule has 5 heteroatoms. The summed E-state index contributed by atoms with van der Waals surface area (Å²) in [6.45, 7) is 4.03. The van der Waals surface area contributed by atoms with Gasteiger partial charge in [-0.15, -0.1) is 0 Å². The number of benzene rings is 3. The minimum atomic E-state index is -1.00. The molecule has 0 aromatic heterocycles. The summed E-state index contributed by atoms with van der Waals surface area (Å²) in [4.78, 5) is 24.5. The third-order valence-electron chi connectivity index (χ3n) is 6.91. The summed E-state index contributed by atoms with van der Waals surface area (Å²) in [7, 11) is 0. The van der Waals surface area contributed by atoms with Gasteiger partial charge in [0.15, 0.2) is 0 Å². The van der Waals surface area contributed by atoms with Crippen LogP contribution in [0.3, 0.4) is 0 Å². The van der Waals surface area contributed by atoms with E-state index in [1.807, 2.05) is 44.2 Å². The fourth-order valence-corrected chi connectivity index (χ4v) is 5.07. The fraction of sp³-hybridized carbons (Fsp3) is 0.312. The maximum atomic E-state index is 13.6. The fourth-order valence-electron chi connectivity index (χ4n) is 5.07. The molecule has 1 aliphatic rings. The average Bonchev–Trinajstić information content (AvgIpc) is 2.89. The van der Waals surface area contributed by atoms with E-state index in [0.29, 0.717) is 12.1 Å². The predicted molar refractivity (Wildman–Crippen MR) is 149 cm³/mol. The minimum absolute atomic E-state index is 0.0383. The van der Waals surface area contributed by atoms with Crippen molar-refractivity contribution < 1.29 is 19.4 Å². The van der Waals surface area contributed by atoms with Crippen molar-refractivity contribution in [3.63, 3.8) is 0 Å². The van der Waals surface area contributed by atoms with Crippen LogP contribution in [-0.4, -0.2) is 23.1 Å². The van der Waals surface area contributed by atoms with Gasteiger partial charge < -0.3 is 15.2 Å². The number of nitrogens with one attached hydrogen (secondary N) is 1. The molecule has 3 aromatic carbocycles. The van der Waals surface area contributed by atoms with Crippen LogP contribution in [0.15, 0.2) is 78.9 Å². The molecule has 0 spiro atoms. The van der Waals surface area contributed by atoms with Gasteiger partial charge in [-0.1, -0.05) is 67.8 Å². The monoisotopic (exact) mass is 497 g/mol. The van der Waals surface area contributed by atoms with Gasteiger partial charge in [-0.2, -0.15) is 0 Å². The van der Waals surface area contributed by atoms with Gasteiger partial charge in [-0.3, -0.25) is 4.79 Å². The zero-order chi connectivity index (χ0) is 26.3. The molecule has 0 atom stereocenters. The Hall–Kier alpha value is -3.86. The second-order valence-electron chi connectivity index (χ2n) is 10.2. The smallest absolute Gasteiger partial charge is 0.328 e. The summed E-state index contributed by atoms with van der Waals surface area (Å²) < 4.78 is 5.75. The Morgan fingerprint density at radius 1 is 0.946 bits per heavy atom. The molecule has 5 nitrogen and oxygen atoms in total. The van der Waals surface area contributed by atoms with Gasteiger partial charge in [0, 0.05) is 11.8 Å². The maximum Gasteiger partial charge on any atom is 0.328 e. The molecule has 37 heavy (non-hydrogen) atoms. The number of carbonyl (C=O) groups is 2. The lowest BCUT2D eigenvalue weighted by molar-refractivity contribution is -0.131. The number of carboxylic acid groups (broad SMARTS) is 1. The van der Waals surface area contributed by atoms with Crippen molar-refractivity contribution in [1.82, 2.24) is 0 Å². The average molecular weight is 498 g/mol. The van der Waals surface area contributed by atoms with Crippen molar-refractivity contribution in [2.45, 2.75) is 58.5 Å². The molecule has 1 saturated carbocycles. The highest BCUT2D eigenvalue weighted by Crippen LogP contribution is 2.40. The van der Waals surface area contributed by atoms with Gasteiger partial charge in [0.05, 0.1) is 11.5 Å². The summed E-state index contributed by atoms with van der Waals surface area (Å²) >= 11 is 0. The second-order valence-corrected chi connectivity index (χ2v) is 10.2. The number of carbonyl (C=O) groups excluding carboxylic acids is 1. The molecule has 0 aliphatic heterocycles. The molecule has 0 bridgehead atoms. The lowest BCUT2D eigenvalue weighted by atomic mass is 9.69. The van der Waals surface area contributed by atoms with Crippen LogP contribution < -0.4 is 10.1 Å². The Bertz CT molecular complexity index is 1240. The van der Waals surface area contributed by atoms with Crippen LogP contribution in [0.4, 0.5) is 5.69 Å². The van der Waals surface area contributed by atoms with E-state index in [2.05, 4.69) is 41.7 Å². The van der Waals surface area contributed by atoms with Gasteiger partial charge in [0.25, 0.3) is 0 Å². The summed E-state index contributed by atoms with van der Waals surface area (Å²) in [5, 5.41) is 12.0. The zero-order valence-electron chi connectivity index (χ0n) is 21.6. The SMILES string of the molecule is CC(C)Oc1ccc(-c2ccc(CC3(C(=O)Nc4cccc(/C=C/C(=O)O)c4)CCCCC3)cc2)cc1. The molecule has 1 aliphatic carbocycles. The third kappa shape index (κ3) is 7.10. The topological polar surface area (TPSA) is 75.6 Å². The Balaban J connectivity index is 1.48. The van der Waals surface area contributed by atoms with E-state index < -0.39 is 11.4 Å². The quantitative estimate of drug-likeness (QED) is 0.303. The molecule has 0 unspecified atom stereocenters. The molecule has 1 amide bonds. The number of anilines is 1. The molecule has 192 valence electrons. The summed E-state index contributed by atoms with van der Waals surface area (Å²) in [6.07, 6.45) is 8.41. The van der Waals surface area contributed by atoms with Crippen molar-refractivity contribution >= 4 is 23.6 Å². The largest absolute Gasteiger partial charge is 0.491 e. The summed E-state index contributed by atoms with van der Waals surface area (Å²) in [5.41, 5.74) is 4.37. The first-order valence-corrected chi connectivity index (χ1v) is 13.0. The Morgan fingerprint density at radius 3 is 2.22 bits per heavy atom. The molecule has 0 saturated heterocycles. The zero-order valence-corrected chi connectivity index (χ0v) is 21.6. The Kier molecular flexibility index (Phi) is 8.44. The van der Waals surface area contributed by atoms with Crippen molar-refractivity contribution in [1.29, 1.82) is 0 Å². The van der Waals surface area contributed by atoms with Gasteiger partial charge in [0.1, 0.15) is 5.75 Å². The highest BCUT2D eigenvalue weighted by molar-refractivity contribution is 5.96. The molecule has 4 rings (SSSR count). The summed E-state index contributed by atoms with van der Waals surface area (Å²) in [6, 6.07) is 23.9. The molecule has 0 heterocycles. The highest BCUT2D eigenvalue weighted by atomic mass is 16.5. The van der Waals surface area contributed by atoms with Crippen molar-refractivity contribution in [3.8, 4) is 16.9 Å². The van der Waals surface area contributed by atoms with E-state index in [-0.39, 0.29) is 12.0 Å². The molecule has 1 fully saturated rings. The van der Waals surface area contributed by atoms with Crippen molar-refractivity contribution in [2.24, 2.45) is 5.41 Å². The number of rotatable bonds is 9. The van der Waals surface area contributed by atoms with Crippen LogP contribution in [0, 0.1) is 5.41 Å². The molecular weight excluding hydrogens is 462 g/mol. The molecule has 0 radical (unpaired) electrons. The van der Waals surface area contributed by atoms with Crippen molar-refractivity contribution in [3.05, 3.63) is 90.0 Å². The standard InChI is InChI=1S/C32H35NO4/c1-23(2)37-29-16-14-27(15-17-29)26-12-9-25(10-13-26)22-32(19-4-3-5-20-32)31(36)33-28-8-6-7-24(21-28)11-18-30(34)35/h6-18,21,23H,3-5,19-20,22H2,1-2H3,(H,33,36)(H,34,35)/b18-11+. The van der Waals surface area contributed by atoms with Crippen LogP contribution in [0.25, 0.3) is 17.2 Å². The first-order chi connectivity index (χ1) is 17.8. The molecular formula is C32H35NO4. The van der Waals surface area contributed by atoms with Crippen molar-refractivity contribution in [2.75, 3.05) is 5.32 Å². The number of carboxylic acids is 1. The third-order valence-corrected chi connectivity index (χ3v) is 6.91. The van der Waals surface area contributed by atoms with Gasteiger partial charge in [-0.25, -0.2) is 4.79 Å². The van der Waals surface area contributed by atoms with E-state index >= 15 is 0 Å². The van der Waals surface area contributed by atoms with Crippen LogP contribution in [0.2, 0.25) is 0 Å². The number of hydrogen-bond acceptors (Lipinski definition) is 3. The minimum Gasteiger partial charge on any atom is -0.491 e. The second kappa shape index (κ2) is 11.9. The van der Waals surface area contributed by atoms with E-state index in [1.54, 1.807) is 6.07 Å². The van der Waals surface area contributed by atoms with E-state index in [0.717, 1.165) is 66.2 Å². The van der Waals surface area contributed by atoms with Gasteiger partial charge in [-0.05, 0) is 85.7 Å². The Labute approximate surface area is 219 Å². The van der Waals surface area contributed by atoms with Gasteiger partial charge in [0.2, 0.25) is 5.91 Å². The first-order valence-electron chi connectivity index (χ1n) is 13.0. The van der Waals surface area contributed by atoms with E-state index in [9.17, 15) is 9.59 Å². The maximum absolute atomic E-state index is 13.6. The van der Waals surface area contributed by atoms with Crippen LogP contribution in [0.1, 0.15) is 57.1 Å². The van der Waals surface area contributed by atoms with E-state index in [4.69, 9.17) is 9.84 Å². The lowest BCUT2D eigenvalue weighted by Gasteiger charge is -2.36. The molecule has 3 aromatic rings. The normalized spacial score (nSPS) is 15.0. The Morgan fingerprint density at radius 2 is 1.59 bits per heavy atom. The predicted octanol–water partition coefficient (Wildman–Crippen LogP) is 7.37. The van der Waals surface area contributed by atoms with E-state index in [1.165, 1.54) is 6.08 Å². The van der Waals surface area contributed by atoms with Crippen LogP contribution in [-0.2, 0) is 16.0 Å².